The topological polar surface area (TPSA) is 71.1 Å². The number of ether oxygens (including phenoxy) is 4. The summed E-state index contributed by atoms with van der Waals surface area (Å²) in [7, 11) is 1.49. The van der Waals surface area contributed by atoms with Crippen molar-refractivity contribution in [1.29, 1.82) is 0 Å². The van der Waals surface area contributed by atoms with Crippen molar-refractivity contribution in [2.45, 2.75) is 134 Å². The number of methoxy groups -OCH3 is 1. The van der Waals surface area contributed by atoms with E-state index in [0.29, 0.717) is 17.8 Å². The smallest absolute Gasteiger partial charge is 0.353 e. The number of hydrogen-bond donors (Lipinski definition) is 0. The van der Waals surface area contributed by atoms with Crippen molar-refractivity contribution in [3.63, 3.8) is 0 Å². The molecule has 6 nitrogen and oxygen atoms in total. The normalized spacial score (nSPS) is 24.5. The minimum atomic E-state index is -0.191. The average Bonchev–Trinajstić information content (AvgIpc) is 3.38. The van der Waals surface area contributed by atoms with Crippen LogP contribution in [0.2, 0.25) is 4.82 Å². The molecule has 7 heteroatoms. The summed E-state index contributed by atoms with van der Waals surface area (Å²) in [4.78, 5) is 24.3. The van der Waals surface area contributed by atoms with Gasteiger partial charge < -0.3 is 4.74 Å². The van der Waals surface area contributed by atoms with Gasteiger partial charge in [0.1, 0.15) is 0 Å². The average molecular weight is 664 g/mol. The van der Waals surface area contributed by atoms with E-state index in [1.807, 2.05) is 18.2 Å². The van der Waals surface area contributed by atoms with E-state index < -0.39 is 0 Å². The Labute approximate surface area is 267 Å². The molecule has 0 radical (unpaired) electrons. The number of benzene rings is 1. The Bertz CT molecular complexity index is 946. The Morgan fingerprint density at radius 2 is 1.86 bits per heavy atom. The van der Waals surface area contributed by atoms with Crippen molar-refractivity contribution >= 4 is 31.4 Å². The fourth-order valence-corrected chi connectivity index (χ4v) is 8.84. The molecule has 0 spiro atoms. The van der Waals surface area contributed by atoms with Crippen molar-refractivity contribution in [1.82, 2.24) is 0 Å². The molecule has 0 aromatic heterocycles. The molecule has 1 aromatic carbocycles. The predicted octanol–water partition coefficient (Wildman–Crippen LogP) is 7.57. The Balaban J connectivity index is 1.57. The van der Waals surface area contributed by atoms with Gasteiger partial charge in [0.25, 0.3) is 0 Å². The summed E-state index contributed by atoms with van der Waals surface area (Å²) < 4.78 is 24.6. The molecule has 2 aliphatic rings. The Kier molecular flexibility index (Phi) is 17.0. The molecule has 1 heterocycles. The minimum absolute atomic E-state index is 0.0269. The summed E-state index contributed by atoms with van der Waals surface area (Å²) >= 11 is 0.0609. The molecule has 3 rings (SSSR count). The zero-order valence-electron chi connectivity index (χ0n) is 27.0. The van der Waals surface area contributed by atoms with E-state index in [1.165, 1.54) is 37.8 Å². The zero-order valence-corrected chi connectivity index (χ0v) is 28.8. The summed E-state index contributed by atoms with van der Waals surface area (Å²) in [5.74, 6) is 0.999. The van der Waals surface area contributed by atoms with Gasteiger partial charge in [-0.2, -0.15) is 0 Å². The third-order valence-electron chi connectivity index (χ3n) is 8.84. The number of carbonyl (C=O) groups excluding carboxylic acids is 2. The molecule has 1 aliphatic carbocycles. The number of carbonyl (C=O) groups is 2. The predicted molar refractivity (Wildman–Crippen MR) is 173 cm³/mol. The Hall–Kier alpha value is -1.66. The van der Waals surface area contributed by atoms with Gasteiger partial charge in [-0.05, 0) is 25.2 Å². The fourth-order valence-electron chi connectivity index (χ4n) is 6.49. The van der Waals surface area contributed by atoms with Gasteiger partial charge in [-0.25, -0.2) is 0 Å². The third kappa shape index (κ3) is 13.5. The molecule has 0 N–H and O–H groups in total. The van der Waals surface area contributed by atoms with E-state index in [9.17, 15) is 9.59 Å². The number of allylic oxidation sites excluding steroid dienone is 1. The molecule has 242 valence electrons. The first kappa shape index (κ1) is 35.8. The summed E-state index contributed by atoms with van der Waals surface area (Å²) in [6.07, 6.45) is 19.4. The van der Waals surface area contributed by atoms with Gasteiger partial charge >= 0.3 is 192 Å². The van der Waals surface area contributed by atoms with Gasteiger partial charge in [0, 0.05) is 6.61 Å². The molecule has 1 aromatic rings. The van der Waals surface area contributed by atoms with Crippen LogP contribution >= 0.6 is 0 Å². The van der Waals surface area contributed by atoms with E-state index in [1.54, 1.807) is 0 Å². The van der Waals surface area contributed by atoms with Crippen LogP contribution < -0.4 is 4.46 Å². The van der Waals surface area contributed by atoms with E-state index in [4.69, 9.17) is 18.9 Å². The fraction of sp³-hybridized carbons (Fsp3) is 0.722. The summed E-state index contributed by atoms with van der Waals surface area (Å²) in [6, 6.07) is 10.3. The molecular weight excluding hydrogens is 607 g/mol. The zero-order chi connectivity index (χ0) is 30.9. The van der Waals surface area contributed by atoms with Crippen LogP contribution in [0.4, 0.5) is 0 Å². The van der Waals surface area contributed by atoms with Crippen LogP contribution in [0.5, 0.6) is 0 Å². The van der Waals surface area contributed by atoms with Crippen LogP contribution in [0.1, 0.15) is 111 Å². The van der Waals surface area contributed by atoms with Gasteiger partial charge in [-0.1, -0.05) is 33.1 Å². The molecule has 43 heavy (non-hydrogen) atoms. The van der Waals surface area contributed by atoms with Crippen LogP contribution in [0, 0.1) is 17.8 Å². The SMILES string of the molecule is CCCC[C@H](C)C[C@@H](C=C[C@H]1CC[C@H](OC(C)=O)[C@@H]1CCCCCC([Se]c1ccccc1)C(=O)OC)OC1CCCCO1. The first-order valence-electron chi connectivity index (χ1n) is 16.8. The van der Waals surface area contributed by atoms with E-state index >= 15 is 0 Å². The molecule has 0 bridgehead atoms. The van der Waals surface area contributed by atoms with Crippen LogP contribution in [-0.2, 0) is 28.5 Å². The number of esters is 2. The van der Waals surface area contributed by atoms with Crippen LogP contribution in [0.15, 0.2) is 42.5 Å². The molecule has 1 aliphatic heterocycles. The molecule has 7 atom stereocenters. The van der Waals surface area contributed by atoms with Crippen molar-refractivity contribution < 1.29 is 28.5 Å². The summed E-state index contributed by atoms with van der Waals surface area (Å²) in [5.41, 5.74) is 0. The standard InChI is InChI=1S/C36H56O6Se/c1-5-6-15-27(2)26-30(42-35-20-13-14-25-40-35)23-21-29-22-24-33(41-28(3)37)32(29)18-11-8-12-19-34(36(38)39-4)43-31-16-9-7-10-17-31/h7,9-10,16-17,21,23,27,29-30,32-35H,5-6,8,11-15,18-20,22,24-26H2,1-4H3/t27-,29-,30+,32+,33-,34?,35?/m0/s1. The van der Waals surface area contributed by atoms with Gasteiger partial charge in [-0.3, -0.25) is 0 Å². The molecular formula is C36H56O6Se. The third-order valence-corrected chi connectivity index (χ3v) is 11.5. The van der Waals surface area contributed by atoms with Gasteiger partial charge in [0.2, 0.25) is 0 Å². The second-order valence-electron chi connectivity index (χ2n) is 12.5. The summed E-state index contributed by atoms with van der Waals surface area (Å²) in [5, 5.41) is 0. The van der Waals surface area contributed by atoms with Crippen molar-refractivity contribution in [2.75, 3.05) is 13.7 Å². The van der Waals surface area contributed by atoms with Crippen molar-refractivity contribution in [2.24, 2.45) is 17.8 Å². The van der Waals surface area contributed by atoms with Crippen LogP contribution in [0.3, 0.4) is 0 Å². The number of rotatable bonds is 19. The number of hydrogen-bond acceptors (Lipinski definition) is 6. The van der Waals surface area contributed by atoms with Crippen molar-refractivity contribution in [3.05, 3.63) is 42.5 Å². The first-order chi connectivity index (χ1) is 20.9. The minimum Gasteiger partial charge on any atom is -0.353 e. The molecule has 1 saturated carbocycles. The van der Waals surface area contributed by atoms with E-state index in [2.05, 4.69) is 38.1 Å². The van der Waals surface area contributed by atoms with Gasteiger partial charge in [-0.15, -0.1) is 0 Å². The van der Waals surface area contributed by atoms with Crippen molar-refractivity contribution in [3.8, 4) is 0 Å². The number of unbranched alkanes of at least 4 members (excludes halogenated alkanes) is 3. The molecule has 2 unspecified atom stereocenters. The Morgan fingerprint density at radius 1 is 1.05 bits per heavy atom. The molecule has 1 saturated heterocycles. The van der Waals surface area contributed by atoms with Crippen LogP contribution in [0.25, 0.3) is 0 Å². The second-order valence-corrected chi connectivity index (χ2v) is 15.1. The van der Waals surface area contributed by atoms with E-state index in [0.717, 1.165) is 77.2 Å². The monoisotopic (exact) mass is 664 g/mol. The molecule has 0 amide bonds. The van der Waals surface area contributed by atoms with E-state index in [-0.39, 0.29) is 50.2 Å². The maximum atomic E-state index is 12.5. The Morgan fingerprint density at radius 3 is 2.56 bits per heavy atom. The van der Waals surface area contributed by atoms with Crippen LogP contribution in [-0.4, -0.2) is 59.1 Å². The first-order valence-corrected chi connectivity index (χ1v) is 18.7. The maximum absolute atomic E-state index is 12.5. The molecule has 2 fully saturated rings. The van der Waals surface area contributed by atoms with Gasteiger partial charge in [0.05, 0.1) is 0 Å². The van der Waals surface area contributed by atoms with Gasteiger partial charge in [0.15, 0.2) is 6.29 Å². The second kappa shape index (κ2) is 20.4. The quantitative estimate of drug-likeness (QED) is 0.0659. The summed E-state index contributed by atoms with van der Waals surface area (Å²) in [6.45, 7) is 6.89.